The monoisotopic (exact) mass is 331 g/mol. The molecule has 1 aliphatic carbocycles. The molecule has 1 aromatic rings. The maximum Gasteiger partial charge on any atom is 0.243 e. The van der Waals surface area contributed by atoms with Crippen LogP contribution in [0.1, 0.15) is 63.9 Å². The van der Waals surface area contributed by atoms with Gasteiger partial charge in [0.1, 0.15) is 17.8 Å². The van der Waals surface area contributed by atoms with Gasteiger partial charge in [-0.05, 0) is 37.0 Å². The van der Waals surface area contributed by atoms with Crippen molar-refractivity contribution in [3.05, 3.63) is 11.9 Å². The van der Waals surface area contributed by atoms with Gasteiger partial charge in [-0.2, -0.15) is 5.26 Å². The van der Waals surface area contributed by atoms with Gasteiger partial charge in [-0.15, -0.1) is 5.10 Å². The van der Waals surface area contributed by atoms with E-state index in [1.807, 2.05) is 0 Å². The van der Waals surface area contributed by atoms with Crippen LogP contribution in [0.5, 0.6) is 0 Å². The molecule has 24 heavy (non-hydrogen) atoms. The SMILES string of the molecule is CC(=O)c1cn(CC(=O)NC2(C#N)CCC(C(C)(C)C)CC2)nn1. The van der Waals surface area contributed by atoms with Crippen molar-refractivity contribution < 1.29 is 9.59 Å². The predicted octanol–water partition coefficient (Wildman–Crippen LogP) is 2.10. The van der Waals surface area contributed by atoms with E-state index in [1.165, 1.54) is 17.8 Å². The van der Waals surface area contributed by atoms with E-state index in [2.05, 4.69) is 42.5 Å². The number of hydrogen-bond donors (Lipinski definition) is 1. The average molecular weight is 331 g/mol. The van der Waals surface area contributed by atoms with E-state index in [0.717, 1.165) is 12.8 Å². The minimum absolute atomic E-state index is 0.0492. The van der Waals surface area contributed by atoms with Gasteiger partial charge in [0, 0.05) is 6.92 Å². The van der Waals surface area contributed by atoms with Gasteiger partial charge >= 0.3 is 0 Å². The molecule has 1 fully saturated rings. The van der Waals surface area contributed by atoms with Crippen LogP contribution >= 0.6 is 0 Å². The summed E-state index contributed by atoms with van der Waals surface area (Å²) in [4.78, 5) is 23.5. The van der Waals surface area contributed by atoms with Crippen molar-refractivity contribution in [2.75, 3.05) is 0 Å². The van der Waals surface area contributed by atoms with Gasteiger partial charge in [-0.1, -0.05) is 26.0 Å². The van der Waals surface area contributed by atoms with Gasteiger partial charge in [0.15, 0.2) is 5.78 Å². The zero-order valence-electron chi connectivity index (χ0n) is 14.8. The Morgan fingerprint density at radius 2 is 2.04 bits per heavy atom. The van der Waals surface area contributed by atoms with Crippen LogP contribution in [0, 0.1) is 22.7 Å². The normalized spacial score (nSPS) is 24.2. The standard InChI is InChI=1S/C17H25N5O2/c1-12(23)14-9-22(21-20-14)10-15(24)19-17(11-18)7-5-13(6-8-17)16(2,3)4/h9,13H,5-8,10H2,1-4H3,(H,19,24). The number of Topliss-reactive ketones (excluding diaryl/α,β-unsaturated/α-hetero) is 1. The number of carbonyl (C=O) groups excluding carboxylic acids is 2. The maximum absolute atomic E-state index is 12.3. The Hall–Kier alpha value is -2.23. The molecule has 1 aromatic heterocycles. The Kier molecular flexibility index (Phi) is 5.07. The van der Waals surface area contributed by atoms with Crippen LogP contribution < -0.4 is 5.32 Å². The second kappa shape index (κ2) is 6.71. The lowest BCUT2D eigenvalue weighted by molar-refractivity contribution is -0.123. The highest BCUT2D eigenvalue weighted by atomic mass is 16.2. The zero-order valence-corrected chi connectivity index (χ0v) is 14.8. The van der Waals surface area contributed by atoms with Gasteiger partial charge < -0.3 is 5.32 Å². The number of carbonyl (C=O) groups is 2. The topological polar surface area (TPSA) is 101 Å². The first-order chi connectivity index (χ1) is 11.1. The maximum atomic E-state index is 12.3. The van der Waals surface area contributed by atoms with Crippen LogP contribution in [0.2, 0.25) is 0 Å². The van der Waals surface area contributed by atoms with Gasteiger partial charge in [0.25, 0.3) is 0 Å². The summed E-state index contributed by atoms with van der Waals surface area (Å²) in [6.07, 6.45) is 4.61. The highest BCUT2D eigenvalue weighted by molar-refractivity contribution is 5.91. The van der Waals surface area contributed by atoms with Crippen LogP contribution in [0.25, 0.3) is 0 Å². The van der Waals surface area contributed by atoms with Crippen molar-refractivity contribution in [3.8, 4) is 6.07 Å². The molecule has 0 atom stereocenters. The van der Waals surface area contributed by atoms with Crippen molar-refractivity contribution in [2.45, 2.75) is 65.5 Å². The Balaban J connectivity index is 1.96. The molecule has 1 heterocycles. The zero-order chi connectivity index (χ0) is 18.0. The fourth-order valence-electron chi connectivity index (χ4n) is 3.23. The Morgan fingerprint density at radius 3 is 2.50 bits per heavy atom. The Labute approximate surface area is 142 Å². The number of rotatable bonds is 4. The Bertz CT molecular complexity index is 657. The Morgan fingerprint density at radius 1 is 1.42 bits per heavy atom. The molecular formula is C17H25N5O2. The van der Waals surface area contributed by atoms with Crippen molar-refractivity contribution in [3.63, 3.8) is 0 Å². The van der Waals surface area contributed by atoms with E-state index in [-0.39, 0.29) is 29.3 Å². The summed E-state index contributed by atoms with van der Waals surface area (Å²) in [5.41, 5.74) is -0.360. The van der Waals surface area contributed by atoms with Crippen LogP contribution in [0.3, 0.4) is 0 Å². The number of aromatic nitrogens is 3. The highest BCUT2D eigenvalue weighted by Crippen LogP contribution is 2.41. The molecule has 130 valence electrons. The van der Waals surface area contributed by atoms with E-state index >= 15 is 0 Å². The van der Waals surface area contributed by atoms with E-state index in [0.29, 0.717) is 18.8 Å². The predicted molar refractivity (Wildman–Crippen MR) is 87.9 cm³/mol. The van der Waals surface area contributed by atoms with E-state index < -0.39 is 5.54 Å². The fourth-order valence-corrected chi connectivity index (χ4v) is 3.23. The second-order valence-electron chi connectivity index (χ2n) is 7.74. The summed E-state index contributed by atoms with van der Waals surface area (Å²) < 4.78 is 1.32. The molecule has 1 N–H and O–H groups in total. The van der Waals surface area contributed by atoms with Gasteiger partial charge in [-0.3, -0.25) is 9.59 Å². The van der Waals surface area contributed by atoms with Crippen molar-refractivity contribution in [2.24, 2.45) is 11.3 Å². The fraction of sp³-hybridized carbons (Fsp3) is 0.706. The summed E-state index contributed by atoms with van der Waals surface area (Å²) in [7, 11) is 0. The van der Waals surface area contributed by atoms with Crippen LogP contribution in [0.15, 0.2) is 6.20 Å². The van der Waals surface area contributed by atoms with Crippen molar-refractivity contribution in [1.29, 1.82) is 5.26 Å². The molecule has 1 amide bonds. The molecule has 7 heteroatoms. The molecule has 7 nitrogen and oxygen atoms in total. The number of amides is 1. The molecule has 0 bridgehead atoms. The number of hydrogen-bond acceptors (Lipinski definition) is 5. The molecule has 0 aliphatic heterocycles. The summed E-state index contributed by atoms with van der Waals surface area (Å²) in [5.74, 6) is 0.0748. The van der Waals surface area contributed by atoms with Gasteiger partial charge in [-0.25, -0.2) is 4.68 Å². The molecular weight excluding hydrogens is 306 g/mol. The number of ketones is 1. The highest BCUT2D eigenvalue weighted by Gasteiger charge is 2.40. The molecule has 1 aliphatic rings. The van der Waals surface area contributed by atoms with Gasteiger partial charge in [0.05, 0.1) is 12.3 Å². The third-order valence-electron chi connectivity index (χ3n) is 4.86. The lowest BCUT2D eigenvalue weighted by atomic mass is 9.67. The van der Waals surface area contributed by atoms with Gasteiger partial charge in [0.2, 0.25) is 5.91 Å². The second-order valence-corrected chi connectivity index (χ2v) is 7.74. The third kappa shape index (κ3) is 4.19. The number of nitrogens with one attached hydrogen (secondary N) is 1. The molecule has 0 radical (unpaired) electrons. The molecule has 0 unspecified atom stereocenters. The minimum atomic E-state index is -0.803. The quantitative estimate of drug-likeness (QED) is 0.851. The first kappa shape index (κ1) is 18.1. The lowest BCUT2D eigenvalue weighted by Crippen LogP contribution is -2.51. The smallest absolute Gasteiger partial charge is 0.243 e. The molecule has 1 saturated carbocycles. The van der Waals surface area contributed by atoms with Crippen molar-refractivity contribution >= 4 is 11.7 Å². The van der Waals surface area contributed by atoms with Crippen LogP contribution in [0.4, 0.5) is 0 Å². The van der Waals surface area contributed by atoms with E-state index in [1.54, 1.807) is 0 Å². The molecule has 0 aromatic carbocycles. The van der Waals surface area contributed by atoms with E-state index in [4.69, 9.17) is 0 Å². The number of nitrogens with zero attached hydrogens (tertiary/aromatic N) is 4. The molecule has 2 rings (SSSR count). The van der Waals surface area contributed by atoms with Crippen molar-refractivity contribution in [1.82, 2.24) is 20.3 Å². The summed E-state index contributed by atoms with van der Waals surface area (Å²) in [6, 6.07) is 2.30. The summed E-state index contributed by atoms with van der Waals surface area (Å²) in [6.45, 7) is 7.99. The third-order valence-corrected chi connectivity index (χ3v) is 4.86. The molecule has 0 spiro atoms. The van der Waals surface area contributed by atoms with Crippen LogP contribution in [-0.4, -0.2) is 32.2 Å². The summed E-state index contributed by atoms with van der Waals surface area (Å²) >= 11 is 0. The largest absolute Gasteiger partial charge is 0.336 e. The first-order valence-corrected chi connectivity index (χ1v) is 8.28. The van der Waals surface area contributed by atoms with E-state index in [9.17, 15) is 14.9 Å². The first-order valence-electron chi connectivity index (χ1n) is 8.28. The lowest BCUT2D eigenvalue weighted by Gasteiger charge is -2.40. The summed E-state index contributed by atoms with van der Waals surface area (Å²) in [5, 5.41) is 19.9. The average Bonchev–Trinajstić information content (AvgIpc) is 2.95. The van der Waals surface area contributed by atoms with Crippen LogP contribution in [-0.2, 0) is 11.3 Å². The minimum Gasteiger partial charge on any atom is -0.336 e. The molecule has 0 saturated heterocycles. The number of nitriles is 1.